The molecule has 0 aliphatic carbocycles. The topological polar surface area (TPSA) is 27.7 Å². The molecule has 0 aliphatic rings. The number of rotatable bonds is 9. The molecule has 0 spiro atoms. The lowest BCUT2D eigenvalue weighted by atomic mass is 9.92. The van der Waals surface area contributed by atoms with Crippen molar-refractivity contribution in [2.24, 2.45) is 0 Å². The second-order valence-electron chi connectivity index (χ2n) is 9.64. The third-order valence-electron chi connectivity index (χ3n) is 6.45. The molecule has 48 heavy (non-hydrogen) atoms. The summed E-state index contributed by atoms with van der Waals surface area (Å²) in [6.07, 6.45) is 18.8. The van der Waals surface area contributed by atoms with Gasteiger partial charge in [0.2, 0.25) is 0 Å². The average molecular weight is 617 g/mol. The van der Waals surface area contributed by atoms with Crippen molar-refractivity contribution in [3.8, 4) is 148 Å². The van der Waals surface area contributed by atoms with Gasteiger partial charge in [-0.25, -0.2) is 0 Å². The fourth-order valence-corrected chi connectivity index (χ4v) is 4.33. The van der Waals surface area contributed by atoms with Gasteiger partial charge < -0.3 is 14.2 Å². The molecule has 3 aromatic rings. The Morgan fingerprint density at radius 1 is 0.562 bits per heavy atom. The van der Waals surface area contributed by atoms with Crippen molar-refractivity contribution in [1.29, 1.82) is 0 Å². The SMILES string of the molecule is C#CC#CC#CC#CC#COc1ccc(-c2cc(CCc3cc(OC)c(C)cc3OC#CC#CC#CC#CC#C)ccc2CCC)cc1. The number of aryl methyl sites for hydroxylation is 4. The van der Waals surface area contributed by atoms with E-state index in [1.165, 1.54) is 16.7 Å². The van der Waals surface area contributed by atoms with E-state index in [1.54, 1.807) is 7.11 Å². The highest BCUT2D eigenvalue weighted by Crippen LogP contribution is 2.31. The molecule has 0 radical (unpaired) electrons. The van der Waals surface area contributed by atoms with Gasteiger partial charge in [-0.2, -0.15) is 0 Å². The minimum Gasteiger partial charge on any atom is -0.496 e. The summed E-state index contributed by atoms with van der Waals surface area (Å²) in [5.41, 5.74) is 6.66. The van der Waals surface area contributed by atoms with Crippen molar-refractivity contribution >= 4 is 0 Å². The van der Waals surface area contributed by atoms with Crippen LogP contribution in [0.3, 0.4) is 0 Å². The molecule has 226 valence electrons. The fourth-order valence-electron chi connectivity index (χ4n) is 4.33. The van der Waals surface area contributed by atoms with Gasteiger partial charge in [0.1, 0.15) is 29.5 Å². The summed E-state index contributed by atoms with van der Waals surface area (Å²) < 4.78 is 16.9. The minimum absolute atomic E-state index is 0.615. The number of hydrogen-bond acceptors (Lipinski definition) is 3. The van der Waals surface area contributed by atoms with Crippen LogP contribution in [0.15, 0.2) is 54.6 Å². The standard InChI is InChI=1S/C45H28O3/c1-6-9-11-13-15-17-19-21-32-47-42-30-28-40(29-31-42)43-35-38(24-26-39(43)23-8-3)25-27-41-36-44(46-5)37(4)34-45(41)48-33-22-20-18-16-14-12-10-7-2/h1-2,24,26,28-31,34-36H,8,23,25,27H2,3-5H3. The number of benzene rings is 3. The predicted octanol–water partition coefficient (Wildman–Crippen LogP) is 6.37. The van der Waals surface area contributed by atoms with E-state index in [0.717, 1.165) is 41.7 Å². The molecule has 0 unspecified atom stereocenters. The first-order valence-corrected chi connectivity index (χ1v) is 14.7. The van der Waals surface area contributed by atoms with Crippen LogP contribution in [0.1, 0.15) is 35.6 Å². The van der Waals surface area contributed by atoms with Gasteiger partial charge in [-0.1, -0.05) is 43.7 Å². The Morgan fingerprint density at radius 3 is 1.73 bits per heavy atom. The van der Waals surface area contributed by atoms with E-state index in [9.17, 15) is 0 Å². The summed E-state index contributed by atoms with van der Waals surface area (Å²) >= 11 is 0. The van der Waals surface area contributed by atoms with E-state index < -0.39 is 0 Å². The molecule has 0 atom stereocenters. The number of terminal acetylenes is 2. The smallest absolute Gasteiger partial charge is 0.144 e. The molecule has 3 aromatic carbocycles. The number of ether oxygens (including phenoxy) is 3. The molecule has 0 fully saturated rings. The number of hydrogen-bond donors (Lipinski definition) is 0. The van der Waals surface area contributed by atoms with Crippen LogP contribution in [0.2, 0.25) is 0 Å². The van der Waals surface area contributed by atoms with E-state index in [1.807, 2.05) is 43.3 Å². The van der Waals surface area contributed by atoms with Gasteiger partial charge in [-0.3, -0.25) is 0 Å². The monoisotopic (exact) mass is 616 g/mol. The van der Waals surface area contributed by atoms with Crippen LogP contribution in [0.5, 0.6) is 17.2 Å². The molecular formula is C45H28O3. The Morgan fingerprint density at radius 2 is 1.15 bits per heavy atom. The zero-order valence-corrected chi connectivity index (χ0v) is 26.9. The molecule has 0 amide bonds. The lowest BCUT2D eigenvalue weighted by Gasteiger charge is -2.14. The Balaban J connectivity index is 1.77. The predicted molar refractivity (Wildman–Crippen MR) is 192 cm³/mol. The third-order valence-corrected chi connectivity index (χ3v) is 6.45. The first kappa shape index (κ1) is 35.1. The van der Waals surface area contributed by atoms with E-state index >= 15 is 0 Å². The van der Waals surface area contributed by atoms with Crippen LogP contribution >= 0.6 is 0 Å². The summed E-state index contributed by atoms with van der Waals surface area (Å²) in [6.45, 7) is 4.14. The molecule has 0 bridgehead atoms. The second kappa shape index (κ2) is 20.6. The van der Waals surface area contributed by atoms with Crippen molar-refractivity contribution in [2.75, 3.05) is 7.11 Å². The van der Waals surface area contributed by atoms with Gasteiger partial charge in [-0.15, -0.1) is 12.8 Å². The van der Waals surface area contributed by atoms with E-state index in [4.69, 9.17) is 27.1 Å². The van der Waals surface area contributed by atoms with Crippen LogP contribution in [-0.4, -0.2) is 7.11 Å². The van der Waals surface area contributed by atoms with Crippen molar-refractivity contribution in [2.45, 2.75) is 39.5 Å². The minimum atomic E-state index is 0.615. The Labute approximate surface area is 285 Å². The van der Waals surface area contributed by atoms with Gasteiger partial charge in [0.15, 0.2) is 0 Å². The van der Waals surface area contributed by atoms with Crippen molar-refractivity contribution in [3.05, 3.63) is 76.9 Å². The maximum Gasteiger partial charge on any atom is 0.144 e. The number of methoxy groups -OCH3 is 1. The van der Waals surface area contributed by atoms with Gasteiger partial charge in [0, 0.05) is 47.4 Å². The zero-order chi connectivity index (χ0) is 34.2. The maximum absolute atomic E-state index is 5.80. The molecule has 3 heteroatoms. The summed E-state index contributed by atoms with van der Waals surface area (Å²) in [4.78, 5) is 0. The summed E-state index contributed by atoms with van der Waals surface area (Å²) in [5.74, 6) is 41.9. The van der Waals surface area contributed by atoms with Gasteiger partial charge in [0.05, 0.1) is 7.11 Å². The fraction of sp³-hybridized carbons (Fsp3) is 0.156. The van der Waals surface area contributed by atoms with Gasteiger partial charge in [0.25, 0.3) is 0 Å². The molecule has 0 saturated carbocycles. The quantitative estimate of drug-likeness (QED) is 0.262. The van der Waals surface area contributed by atoms with E-state index in [2.05, 4.69) is 132 Å². The maximum atomic E-state index is 5.80. The Kier molecular flexibility index (Phi) is 15.1. The highest BCUT2D eigenvalue weighted by atomic mass is 16.5. The molecule has 3 rings (SSSR count). The molecule has 0 saturated heterocycles. The molecule has 0 heterocycles. The van der Waals surface area contributed by atoms with Crippen molar-refractivity contribution in [3.63, 3.8) is 0 Å². The molecule has 0 aromatic heterocycles. The lowest BCUT2D eigenvalue weighted by Crippen LogP contribution is -1.99. The first-order valence-electron chi connectivity index (χ1n) is 14.7. The Bertz CT molecular complexity index is 2250. The Hall–Kier alpha value is -7.34. The average Bonchev–Trinajstić information content (AvgIpc) is 3.10. The summed E-state index contributed by atoms with van der Waals surface area (Å²) in [5, 5.41) is 0. The first-order chi connectivity index (χ1) is 23.6. The summed E-state index contributed by atoms with van der Waals surface area (Å²) in [6, 6.07) is 18.4. The van der Waals surface area contributed by atoms with Crippen LogP contribution in [0.4, 0.5) is 0 Å². The van der Waals surface area contributed by atoms with Crippen molar-refractivity contribution < 1.29 is 14.2 Å². The van der Waals surface area contributed by atoms with Crippen LogP contribution in [0.25, 0.3) is 11.1 Å². The second-order valence-corrected chi connectivity index (χ2v) is 9.64. The normalized spacial score (nSPS) is 8.10. The largest absolute Gasteiger partial charge is 0.496 e. The van der Waals surface area contributed by atoms with Crippen LogP contribution in [-0.2, 0) is 19.3 Å². The van der Waals surface area contributed by atoms with Crippen LogP contribution < -0.4 is 14.2 Å². The van der Waals surface area contributed by atoms with Gasteiger partial charge >= 0.3 is 0 Å². The summed E-state index contributed by atoms with van der Waals surface area (Å²) in [7, 11) is 1.66. The van der Waals surface area contributed by atoms with E-state index in [0.29, 0.717) is 17.9 Å². The lowest BCUT2D eigenvalue weighted by molar-refractivity contribution is 0.409. The molecule has 0 aliphatic heterocycles. The third kappa shape index (κ3) is 12.0. The highest BCUT2D eigenvalue weighted by Gasteiger charge is 2.12. The molecular weight excluding hydrogens is 588 g/mol. The highest BCUT2D eigenvalue weighted by molar-refractivity contribution is 5.69. The van der Waals surface area contributed by atoms with Crippen LogP contribution in [0, 0.1) is 127 Å². The molecule has 0 N–H and O–H groups in total. The van der Waals surface area contributed by atoms with E-state index in [-0.39, 0.29) is 0 Å². The van der Waals surface area contributed by atoms with Gasteiger partial charge in [-0.05, 0) is 131 Å². The zero-order valence-electron chi connectivity index (χ0n) is 26.9. The molecule has 3 nitrogen and oxygen atoms in total. The van der Waals surface area contributed by atoms with Crippen molar-refractivity contribution in [1.82, 2.24) is 0 Å².